The van der Waals surface area contributed by atoms with Crippen LogP contribution in [-0.2, 0) is 4.74 Å². The number of nitrogens with one attached hydrogen (secondary N) is 2. The molecule has 0 radical (unpaired) electrons. The van der Waals surface area contributed by atoms with Crippen LogP contribution in [0, 0.1) is 3.57 Å². The number of hydrogen-bond acceptors (Lipinski definition) is 3. The SMILES string of the molecule is O=C(Nc1ccc(I)cc1C(=O)NCC1CCCO1)c1ccccc1Cl. The molecule has 136 valence electrons. The Balaban J connectivity index is 1.75. The van der Waals surface area contributed by atoms with Gasteiger partial charge in [-0.25, -0.2) is 0 Å². The van der Waals surface area contributed by atoms with Crippen molar-refractivity contribution in [2.24, 2.45) is 0 Å². The lowest BCUT2D eigenvalue weighted by atomic mass is 10.1. The van der Waals surface area contributed by atoms with E-state index < -0.39 is 0 Å². The van der Waals surface area contributed by atoms with Crippen molar-refractivity contribution in [1.29, 1.82) is 0 Å². The lowest BCUT2D eigenvalue weighted by molar-refractivity contribution is 0.0858. The van der Waals surface area contributed by atoms with Crippen molar-refractivity contribution in [3.05, 3.63) is 62.2 Å². The number of rotatable bonds is 5. The summed E-state index contributed by atoms with van der Waals surface area (Å²) in [5.74, 6) is -0.599. The standard InChI is InChI=1S/C19H18ClIN2O3/c20-16-6-2-1-5-14(16)19(25)23-17-8-7-12(21)10-15(17)18(24)22-11-13-4-3-9-26-13/h1-2,5-8,10,13H,3-4,9,11H2,(H,22,24)(H,23,25). The summed E-state index contributed by atoms with van der Waals surface area (Å²) in [7, 11) is 0. The van der Waals surface area contributed by atoms with Crippen molar-refractivity contribution < 1.29 is 14.3 Å². The minimum atomic E-state index is -0.356. The first-order valence-electron chi connectivity index (χ1n) is 8.30. The molecule has 2 aromatic rings. The van der Waals surface area contributed by atoms with Crippen molar-refractivity contribution in [1.82, 2.24) is 5.32 Å². The highest BCUT2D eigenvalue weighted by molar-refractivity contribution is 14.1. The minimum absolute atomic E-state index is 0.0582. The lowest BCUT2D eigenvalue weighted by Gasteiger charge is -2.14. The van der Waals surface area contributed by atoms with E-state index >= 15 is 0 Å². The summed E-state index contributed by atoms with van der Waals surface area (Å²) in [6.45, 7) is 1.20. The molecule has 7 heteroatoms. The van der Waals surface area contributed by atoms with E-state index in [-0.39, 0.29) is 17.9 Å². The van der Waals surface area contributed by atoms with Gasteiger partial charge in [-0.2, -0.15) is 0 Å². The number of hydrogen-bond donors (Lipinski definition) is 2. The highest BCUT2D eigenvalue weighted by Gasteiger charge is 2.19. The second-order valence-electron chi connectivity index (χ2n) is 5.97. The van der Waals surface area contributed by atoms with E-state index in [1.807, 2.05) is 6.07 Å². The molecule has 1 fully saturated rings. The summed E-state index contributed by atoms with van der Waals surface area (Å²) in [5.41, 5.74) is 1.22. The lowest BCUT2D eigenvalue weighted by Crippen LogP contribution is -2.32. The van der Waals surface area contributed by atoms with Crippen LogP contribution in [0.3, 0.4) is 0 Å². The summed E-state index contributed by atoms with van der Waals surface area (Å²) >= 11 is 8.21. The Morgan fingerprint density at radius 2 is 1.96 bits per heavy atom. The first-order chi connectivity index (χ1) is 12.5. The van der Waals surface area contributed by atoms with E-state index in [2.05, 4.69) is 33.2 Å². The molecule has 0 aliphatic carbocycles. The van der Waals surface area contributed by atoms with E-state index in [1.165, 1.54) is 0 Å². The quantitative estimate of drug-likeness (QED) is 0.628. The molecular weight excluding hydrogens is 467 g/mol. The van der Waals surface area contributed by atoms with Crippen LogP contribution in [-0.4, -0.2) is 31.1 Å². The number of halogens is 2. The van der Waals surface area contributed by atoms with Crippen LogP contribution in [0.4, 0.5) is 5.69 Å². The molecule has 1 saturated heterocycles. The zero-order valence-corrected chi connectivity index (χ0v) is 16.8. The molecule has 1 aliphatic heterocycles. The van der Waals surface area contributed by atoms with Gasteiger partial charge in [-0.3, -0.25) is 9.59 Å². The first kappa shape index (κ1) is 19.1. The van der Waals surface area contributed by atoms with Gasteiger partial charge in [-0.15, -0.1) is 0 Å². The fourth-order valence-corrected chi connectivity index (χ4v) is 3.47. The van der Waals surface area contributed by atoms with Gasteiger partial charge in [0.2, 0.25) is 0 Å². The maximum atomic E-state index is 12.6. The maximum Gasteiger partial charge on any atom is 0.257 e. The van der Waals surface area contributed by atoms with E-state index in [0.29, 0.717) is 28.4 Å². The molecule has 1 heterocycles. The molecule has 0 bridgehead atoms. The van der Waals surface area contributed by atoms with Gasteiger partial charge < -0.3 is 15.4 Å². The minimum Gasteiger partial charge on any atom is -0.376 e. The summed E-state index contributed by atoms with van der Waals surface area (Å²) in [4.78, 5) is 25.1. The van der Waals surface area contributed by atoms with Crippen molar-refractivity contribution >= 4 is 51.7 Å². The van der Waals surface area contributed by atoms with Crippen molar-refractivity contribution in [3.8, 4) is 0 Å². The summed E-state index contributed by atoms with van der Waals surface area (Å²) in [5, 5.41) is 6.03. The number of carbonyl (C=O) groups excluding carboxylic acids is 2. The van der Waals surface area contributed by atoms with Gasteiger partial charge in [0.25, 0.3) is 11.8 Å². The van der Waals surface area contributed by atoms with Crippen LogP contribution in [0.5, 0.6) is 0 Å². The summed E-state index contributed by atoms with van der Waals surface area (Å²) in [6, 6.07) is 12.1. The van der Waals surface area contributed by atoms with Crippen molar-refractivity contribution in [2.75, 3.05) is 18.5 Å². The molecular formula is C19H18ClIN2O3. The van der Waals surface area contributed by atoms with E-state index in [4.69, 9.17) is 16.3 Å². The third-order valence-corrected chi connectivity index (χ3v) is 5.11. The maximum absolute atomic E-state index is 12.6. The fraction of sp³-hybridized carbons (Fsp3) is 0.263. The molecule has 0 aromatic heterocycles. The second kappa shape index (κ2) is 8.83. The second-order valence-corrected chi connectivity index (χ2v) is 7.62. The third-order valence-electron chi connectivity index (χ3n) is 4.11. The third kappa shape index (κ3) is 4.75. The number of ether oxygens (including phenoxy) is 1. The predicted molar refractivity (Wildman–Crippen MR) is 110 cm³/mol. The van der Waals surface area contributed by atoms with Crippen LogP contribution in [0.25, 0.3) is 0 Å². The molecule has 2 N–H and O–H groups in total. The fourth-order valence-electron chi connectivity index (χ4n) is 2.76. The zero-order valence-electron chi connectivity index (χ0n) is 13.9. The van der Waals surface area contributed by atoms with Gasteiger partial charge >= 0.3 is 0 Å². The average Bonchev–Trinajstić information content (AvgIpc) is 3.15. The van der Waals surface area contributed by atoms with Crippen LogP contribution >= 0.6 is 34.2 Å². The first-order valence-corrected chi connectivity index (χ1v) is 9.75. The Bertz CT molecular complexity index is 822. The molecule has 1 aliphatic rings. The predicted octanol–water partition coefficient (Wildman–Crippen LogP) is 4.11. The summed E-state index contributed by atoms with van der Waals surface area (Å²) < 4.78 is 6.43. The van der Waals surface area contributed by atoms with Gasteiger partial charge in [0.15, 0.2) is 0 Å². The molecule has 26 heavy (non-hydrogen) atoms. The van der Waals surface area contributed by atoms with Gasteiger partial charge in [-0.05, 0) is 65.8 Å². The van der Waals surface area contributed by atoms with E-state index in [1.54, 1.807) is 36.4 Å². The van der Waals surface area contributed by atoms with Gasteiger partial charge in [0.1, 0.15) is 0 Å². The Labute approximate surface area is 170 Å². The van der Waals surface area contributed by atoms with Crippen molar-refractivity contribution in [2.45, 2.75) is 18.9 Å². The number of anilines is 1. The highest BCUT2D eigenvalue weighted by Crippen LogP contribution is 2.22. The molecule has 2 amide bonds. The Kier molecular flexibility index (Phi) is 6.50. The van der Waals surface area contributed by atoms with Gasteiger partial charge in [0.05, 0.1) is 27.9 Å². The average molecular weight is 485 g/mol. The monoisotopic (exact) mass is 484 g/mol. The van der Waals surface area contributed by atoms with Crippen molar-refractivity contribution in [3.63, 3.8) is 0 Å². The van der Waals surface area contributed by atoms with Crippen LogP contribution in [0.2, 0.25) is 5.02 Å². The largest absolute Gasteiger partial charge is 0.376 e. The topological polar surface area (TPSA) is 67.4 Å². The highest BCUT2D eigenvalue weighted by atomic mass is 127. The Morgan fingerprint density at radius 3 is 2.69 bits per heavy atom. The summed E-state index contributed by atoms with van der Waals surface area (Å²) in [6.07, 6.45) is 2.02. The van der Waals surface area contributed by atoms with Gasteiger partial charge in [-0.1, -0.05) is 23.7 Å². The number of benzene rings is 2. The molecule has 3 rings (SSSR count). The Hall–Kier alpha value is -1.64. The molecule has 1 unspecified atom stereocenters. The van der Waals surface area contributed by atoms with E-state index in [9.17, 15) is 9.59 Å². The molecule has 2 aromatic carbocycles. The van der Waals surface area contributed by atoms with E-state index in [0.717, 1.165) is 23.0 Å². The molecule has 5 nitrogen and oxygen atoms in total. The zero-order chi connectivity index (χ0) is 18.5. The van der Waals surface area contributed by atoms with Gasteiger partial charge in [0, 0.05) is 16.7 Å². The normalized spacial score (nSPS) is 16.3. The van der Waals surface area contributed by atoms with Crippen LogP contribution in [0.15, 0.2) is 42.5 Å². The molecule has 0 spiro atoms. The smallest absolute Gasteiger partial charge is 0.257 e. The number of carbonyl (C=O) groups is 2. The van der Waals surface area contributed by atoms with Crippen LogP contribution in [0.1, 0.15) is 33.6 Å². The van der Waals surface area contributed by atoms with Crippen LogP contribution < -0.4 is 10.6 Å². The molecule has 0 saturated carbocycles. The molecule has 1 atom stereocenters. The Morgan fingerprint density at radius 1 is 1.15 bits per heavy atom. The number of amides is 2.